The largest absolute Gasteiger partial charge is 0.377 e. The number of aryl methyl sites for hydroxylation is 1. The van der Waals surface area contributed by atoms with E-state index >= 15 is 0 Å². The summed E-state index contributed by atoms with van der Waals surface area (Å²) in [6, 6.07) is 14.1. The van der Waals surface area contributed by atoms with E-state index in [0.717, 1.165) is 35.7 Å². The highest BCUT2D eigenvalue weighted by Crippen LogP contribution is 2.26. The lowest BCUT2D eigenvalue weighted by atomic mass is 10.2. The van der Waals surface area contributed by atoms with Gasteiger partial charge in [-0.2, -0.15) is 0 Å². The summed E-state index contributed by atoms with van der Waals surface area (Å²) in [6.07, 6.45) is 2.39. The normalized spacial score (nSPS) is 16.7. The zero-order chi connectivity index (χ0) is 20.7. The number of ether oxygens (including phenoxy) is 1. The molecule has 29 heavy (non-hydrogen) atoms. The van der Waals surface area contributed by atoms with Crippen molar-refractivity contribution < 1.29 is 17.9 Å². The molecule has 0 saturated carbocycles. The van der Waals surface area contributed by atoms with Gasteiger partial charge in [0.15, 0.2) is 0 Å². The van der Waals surface area contributed by atoms with Crippen LogP contribution in [-0.2, 0) is 14.8 Å². The summed E-state index contributed by atoms with van der Waals surface area (Å²) in [5, 5.41) is 2.79. The van der Waals surface area contributed by atoms with E-state index in [-0.39, 0.29) is 30.0 Å². The van der Waals surface area contributed by atoms with E-state index < -0.39 is 10.0 Å². The van der Waals surface area contributed by atoms with Crippen LogP contribution < -0.4 is 10.0 Å². The van der Waals surface area contributed by atoms with Crippen LogP contribution in [0.15, 0.2) is 58.3 Å². The summed E-state index contributed by atoms with van der Waals surface area (Å²) in [5.41, 5.74) is 1.59. The molecule has 1 fully saturated rings. The second-order valence-electron chi connectivity index (χ2n) is 6.91. The number of sulfonamides is 1. The maximum Gasteiger partial charge on any atom is 0.252 e. The fourth-order valence-electron chi connectivity index (χ4n) is 3.00. The van der Waals surface area contributed by atoms with Crippen LogP contribution in [0.2, 0.25) is 0 Å². The van der Waals surface area contributed by atoms with E-state index in [9.17, 15) is 13.2 Å². The summed E-state index contributed by atoms with van der Waals surface area (Å²) in [7, 11) is -3.59. The van der Waals surface area contributed by atoms with Gasteiger partial charge in [-0.1, -0.05) is 29.8 Å². The number of nitrogens with one attached hydrogen (secondary N) is 2. The Bertz CT molecular complexity index is 924. The number of amides is 1. The van der Waals surface area contributed by atoms with Gasteiger partial charge in [0.25, 0.3) is 5.91 Å². The Hall–Kier alpha value is -1.87. The van der Waals surface area contributed by atoms with Crippen molar-refractivity contribution in [2.24, 2.45) is 0 Å². The van der Waals surface area contributed by atoms with E-state index in [0.29, 0.717) is 5.56 Å². The first-order valence-corrected chi connectivity index (χ1v) is 12.1. The summed E-state index contributed by atoms with van der Waals surface area (Å²) >= 11 is 1.62. The Morgan fingerprint density at radius 1 is 1.14 bits per heavy atom. The first kappa shape index (κ1) is 21.8. The van der Waals surface area contributed by atoms with Gasteiger partial charge >= 0.3 is 0 Å². The molecule has 6 nitrogen and oxygen atoms in total. The number of carbonyl (C=O) groups excluding carboxylic acids is 1. The fraction of sp³-hybridized carbons (Fsp3) is 0.381. The van der Waals surface area contributed by atoms with E-state index in [1.165, 1.54) is 0 Å². The van der Waals surface area contributed by atoms with Gasteiger partial charge in [0.1, 0.15) is 0 Å². The van der Waals surface area contributed by atoms with Crippen molar-refractivity contribution in [3.8, 4) is 0 Å². The fourth-order valence-corrected chi connectivity index (χ4v) is 5.15. The van der Waals surface area contributed by atoms with Gasteiger partial charge in [0, 0.05) is 30.3 Å². The average molecular weight is 435 g/mol. The third-order valence-corrected chi connectivity index (χ3v) is 7.30. The van der Waals surface area contributed by atoms with Crippen LogP contribution in [0.1, 0.15) is 28.8 Å². The lowest BCUT2D eigenvalue weighted by molar-refractivity contribution is 0.0951. The number of carbonyl (C=O) groups is 1. The molecule has 1 saturated heterocycles. The van der Waals surface area contributed by atoms with Crippen LogP contribution in [0, 0.1) is 6.92 Å². The van der Waals surface area contributed by atoms with Gasteiger partial charge in [-0.3, -0.25) is 4.79 Å². The standard InChI is InChI=1S/C21H26N2O4S2/c1-16-8-10-18(11-9-16)29(25,26)23-13-12-22-21(24)19-6-2-3-7-20(19)28-15-17-5-4-14-27-17/h2-3,6-11,17,23H,4-5,12-15H2,1H3,(H,22,24)/t17-/m1/s1. The van der Waals surface area contributed by atoms with Crippen LogP contribution in [0.25, 0.3) is 0 Å². The molecule has 0 aromatic heterocycles. The molecule has 3 rings (SSSR count). The quantitative estimate of drug-likeness (QED) is 0.468. The molecule has 0 aliphatic carbocycles. The lowest BCUT2D eigenvalue weighted by Crippen LogP contribution is -2.34. The van der Waals surface area contributed by atoms with E-state index in [1.54, 1.807) is 42.1 Å². The third kappa shape index (κ3) is 6.30. The van der Waals surface area contributed by atoms with Gasteiger partial charge in [0.05, 0.1) is 16.6 Å². The summed E-state index contributed by atoms with van der Waals surface area (Å²) in [4.78, 5) is 13.7. The monoisotopic (exact) mass is 434 g/mol. The Balaban J connectivity index is 1.49. The molecule has 0 radical (unpaired) electrons. The minimum absolute atomic E-state index is 0.118. The van der Waals surface area contributed by atoms with Crippen molar-refractivity contribution in [1.82, 2.24) is 10.0 Å². The van der Waals surface area contributed by atoms with Crippen molar-refractivity contribution in [1.29, 1.82) is 0 Å². The maximum atomic E-state index is 12.6. The Morgan fingerprint density at radius 3 is 2.62 bits per heavy atom. The number of hydrogen-bond donors (Lipinski definition) is 2. The molecule has 0 bridgehead atoms. The summed E-state index contributed by atoms with van der Waals surface area (Å²) in [6.45, 7) is 3.03. The van der Waals surface area contributed by atoms with Crippen LogP contribution >= 0.6 is 11.8 Å². The molecular formula is C21H26N2O4S2. The zero-order valence-corrected chi connectivity index (χ0v) is 18.0. The lowest BCUT2D eigenvalue weighted by Gasteiger charge is -2.13. The predicted molar refractivity (Wildman–Crippen MR) is 115 cm³/mol. The van der Waals surface area contributed by atoms with Crippen LogP contribution in [0.3, 0.4) is 0 Å². The number of hydrogen-bond acceptors (Lipinski definition) is 5. The number of thioether (sulfide) groups is 1. The molecule has 1 aliphatic heterocycles. The first-order chi connectivity index (χ1) is 14.0. The van der Waals surface area contributed by atoms with Crippen LogP contribution in [0.5, 0.6) is 0 Å². The van der Waals surface area contributed by atoms with Gasteiger partial charge in [-0.05, 0) is 44.0 Å². The highest BCUT2D eigenvalue weighted by atomic mass is 32.2. The summed E-state index contributed by atoms with van der Waals surface area (Å²) in [5.74, 6) is 0.607. The first-order valence-electron chi connectivity index (χ1n) is 9.64. The topological polar surface area (TPSA) is 84.5 Å². The molecular weight excluding hydrogens is 408 g/mol. The second kappa shape index (κ2) is 10.2. The highest BCUT2D eigenvalue weighted by molar-refractivity contribution is 7.99. The molecule has 1 aliphatic rings. The van der Waals surface area contributed by atoms with Crippen molar-refractivity contribution >= 4 is 27.7 Å². The van der Waals surface area contributed by atoms with Gasteiger partial charge in [-0.15, -0.1) is 11.8 Å². The molecule has 1 amide bonds. The zero-order valence-electron chi connectivity index (χ0n) is 16.4. The molecule has 2 aromatic rings. The van der Waals surface area contributed by atoms with E-state index in [2.05, 4.69) is 10.0 Å². The molecule has 2 aromatic carbocycles. The van der Waals surface area contributed by atoms with Crippen molar-refractivity contribution in [3.05, 3.63) is 59.7 Å². The Kier molecular flexibility index (Phi) is 7.71. The number of benzene rings is 2. The molecule has 0 spiro atoms. The van der Waals surface area contributed by atoms with Crippen molar-refractivity contribution in [2.75, 3.05) is 25.4 Å². The molecule has 8 heteroatoms. The molecule has 1 heterocycles. The van der Waals surface area contributed by atoms with E-state index in [4.69, 9.17) is 4.74 Å². The minimum atomic E-state index is -3.59. The van der Waals surface area contributed by atoms with Gasteiger partial charge in [-0.25, -0.2) is 13.1 Å². The smallest absolute Gasteiger partial charge is 0.252 e. The average Bonchev–Trinajstić information content (AvgIpc) is 3.24. The minimum Gasteiger partial charge on any atom is -0.377 e. The van der Waals surface area contributed by atoms with E-state index in [1.807, 2.05) is 25.1 Å². The van der Waals surface area contributed by atoms with Crippen LogP contribution in [-0.4, -0.2) is 45.9 Å². The van der Waals surface area contributed by atoms with Gasteiger partial charge < -0.3 is 10.1 Å². The molecule has 156 valence electrons. The number of rotatable bonds is 9. The Labute approximate surface area is 176 Å². The third-order valence-electron chi connectivity index (χ3n) is 4.61. The van der Waals surface area contributed by atoms with Crippen LogP contribution in [0.4, 0.5) is 0 Å². The molecule has 2 N–H and O–H groups in total. The second-order valence-corrected chi connectivity index (χ2v) is 9.74. The van der Waals surface area contributed by atoms with Crippen molar-refractivity contribution in [3.63, 3.8) is 0 Å². The summed E-state index contributed by atoms with van der Waals surface area (Å²) < 4.78 is 32.7. The molecule has 1 atom stereocenters. The van der Waals surface area contributed by atoms with Gasteiger partial charge in [0.2, 0.25) is 10.0 Å². The highest BCUT2D eigenvalue weighted by Gasteiger charge is 2.18. The van der Waals surface area contributed by atoms with Crippen molar-refractivity contribution in [2.45, 2.75) is 35.7 Å². The SMILES string of the molecule is Cc1ccc(S(=O)(=O)NCCNC(=O)c2ccccc2SC[C@H]2CCCO2)cc1. The predicted octanol–water partition coefficient (Wildman–Crippen LogP) is 2.97. The molecule has 0 unspecified atom stereocenters. The Morgan fingerprint density at radius 2 is 1.90 bits per heavy atom. The maximum absolute atomic E-state index is 12.6.